The monoisotopic (exact) mass is 333 g/mol. The molecule has 5 heteroatoms. The van der Waals surface area contributed by atoms with Gasteiger partial charge in [-0.25, -0.2) is 8.96 Å². The van der Waals surface area contributed by atoms with Crippen LogP contribution >= 0.6 is 15.9 Å². The SMILES string of the molecule is O=c1c2ccccc2c(Br)c(O)n1-c1ccc(F)cc1. The van der Waals surface area contributed by atoms with Gasteiger partial charge >= 0.3 is 0 Å². The molecule has 1 aromatic heterocycles. The Morgan fingerprint density at radius 3 is 2.25 bits per heavy atom. The van der Waals surface area contributed by atoms with Crippen LogP contribution in [0.3, 0.4) is 0 Å². The van der Waals surface area contributed by atoms with Gasteiger partial charge < -0.3 is 5.11 Å². The van der Waals surface area contributed by atoms with Gasteiger partial charge in [0.05, 0.1) is 10.2 Å². The van der Waals surface area contributed by atoms with E-state index in [-0.39, 0.29) is 11.4 Å². The van der Waals surface area contributed by atoms with E-state index in [4.69, 9.17) is 0 Å². The molecule has 100 valence electrons. The molecule has 0 fully saturated rings. The quantitative estimate of drug-likeness (QED) is 0.739. The van der Waals surface area contributed by atoms with Gasteiger partial charge in [-0.15, -0.1) is 0 Å². The Labute approximate surface area is 122 Å². The van der Waals surface area contributed by atoms with Crippen molar-refractivity contribution in [2.45, 2.75) is 0 Å². The smallest absolute Gasteiger partial charge is 0.265 e. The number of rotatable bonds is 1. The second-order valence-electron chi connectivity index (χ2n) is 4.30. The molecule has 0 saturated carbocycles. The summed E-state index contributed by atoms with van der Waals surface area (Å²) in [6.07, 6.45) is 0. The maximum atomic E-state index is 13.0. The lowest BCUT2D eigenvalue weighted by molar-refractivity contribution is 0.433. The van der Waals surface area contributed by atoms with Crippen LogP contribution < -0.4 is 5.56 Å². The topological polar surface area (TPSA) is 42.2 Å². The Kier molecular flexibility index (Phi) is 3.06. The van der Waals surface area contributed by atoms with E-state index in [0.29, 0.717) is 20.9 Å². The molecule has 3 rings (SSSR count). The second kappa shape index (κ2) is 4.76. The Morgan fingerprint density at radius 2 is 1.60 bits per heavy atom. The first-order valence-corrected chi connectivity index (χ1v) is 6.67. The van der Waals surface area contributed by atoms with E-state index >= 15 is 0 Å². The van der Waals surface area contributed by atoms with E-state index in [1.165, 1.54) is 24.3 Å². The summed E-state index contributed by atoms with van der Waals surface area (Å²) in [6, 6.07) is 12.3. The highest BCUT2D eigenvalue weighted by atomic mass is 79.9. The zero-order valence-corrected chi connectivity index (χ0v) is 11.8. The van der Waals surface area contributed by atoms with Crippen molar-refractivity contribution in [2.24, 2.45) is 0 Å². The van der Waals surface area contributed by atoms with E-state index in [0.717, 1.165) is 4.57 Å². The normalized spacial score (nSPS) is 10.9. The van der Waals surface area contributed by atoms with Gasteiger partial charge in [0.1, 0.15) is 5.82 Å². The third-order valence-electron chi connectivity index (χ3n) is 3.09. The minimum atomic E-state index is -0.402. The van der Waals surface area contributed by atoms with E-state index in [9.17, 15) is 14.3 Å². The van der Waals surface area contributed by atoms with Crippen LogP contribution in [0.25, 0.3) is 16.5 Å². The first-order chi connectivity index (χ1) is 9.59. The van der Waals surface area contributed by atoms with Crippen molar-refractivity contribution in [2.75, 3.05) is 0 Å². The molecule has 1 heterocycles. The number of halogens is 2. The van der Waals surface area contributed by atoms with Crippen molar-refractivity contribution in [3.8, 4) is 11.6 Å². The van der Waals surface area contributed by atoms with Crippen molar-refractivity contribution in [3.05, 3.63) is 69.2 Å². The van der Waals surface area contributed by atoms with Gasteiger partial charge in [0.25, 0.3) is 5.56 Å². The third-order valence-corrected chi connectivity index (χ3v) is 3.87. The van der Waals surface area contributed by atoms with Crippen molar-refractivity contribution in [1.82, 2.24) is 4.57 Å². The predicted molar refractivity (Wildman–Crippen MR) is 78.9 cm³/mol. The van der Waals surface area contributed by atoms with Crippen LogP contribution in [-0.4, -0.2) is 9.67 Å². The summed E-state index contributed by atoms with van der Waals surface area (Å²) in [5.74, 6) is -0.610. The van der Waals surface area contributed by atoms with Crippen LogP contribution in [0.5, 0.6) is 5.88 Å². The van der Waals surface area contributed by atoms with Crippen molar-refractivity contribution in [3.63, 3.8) is 0 Å². The molecule has 3 nitrogen and oxygen atoms in total. The first kappa shape index (κ1) is 12.9. The summed E-state index contributed by atoms with van der Waals surface area (Å²) in [4.78, 5) is 12.5. The summed E-state index contributed by atoms with van der Waals surface area (Å²) in [5, 5.41) is 11.3. The van der Waals surface area contributed by atoms with Crippen LogP contribution in [0.1, 0.15) is 0 Å². The van der Waals surface area contributed by atoms with Crippen molar-refractivity contribution >= 4 is 26.7 Å². The molecule has 3 aromatic rings. The maximum absolute atomic E-state index is 13.0. The molecule has 0 aliphatic rings. The minimum absolute atomic E-state index is 0.208. The average Bonchev–Trinajstić information content (AvgIpc) is 2.47. The lowest BCUT2D eigenvalue weighted by Crippen LogP contribution is -2.18. The van der Waals surface area contributed by atoms with Crippen molar-refractivity contribution < 1.29 is 9.50 Å². The zero-order chi connectivity index (χ0) is 14.3. The molecular weight excluding hydrogens is 325 g/mol. The molecular formula is C15H9BrFNO2. The number of aromatic nitrogens is 1. The molecule has 0 spiro atoms. The minimum Gasteiger partial charge on any atom is -0.493 e. The van der Waals surface area contributed by atoms with Gasteiger partial charge in [-0.3, -0.25) is 4.79 Å². The van der Waals surface area contributed by atoms with E-state index in [1.807, 2.05) is 0 Å². The van der Waals surface area contributed by atoms with E-state index in [2.05, 4.69) is 15.9 Å². The van der Waals surface area contributed by atoms with Crippen LogP contribution in [0.15, 0.2) is 57.8 Å². The summed E-state index contributed by atoms with van der Waals surface area (Å²) in [6.45, 7) is 0. The van der Waals surface area contributed by atoms with Crippen molar-refractivity contribution in [1.29, 1.82) is 0 Å². The number of aromatic hydroxyl groups is 1. The maximum Gasteiger partial charge on any atom is 0.265 e. The second-order valence-corrected chi connectivity index (χ2v) is 5.09. The average molecular weight is 334 g/mol. The highest BCUT2D eigenvalue weighted by Crippen LogP contribution is 2.31. The summed E-state index contributed by atoms with van der Waals surface area (Å²) >= 11 is 3.29. The predicted octanol–water partition coefficient (Wildman–Crippen LogP) is 3.60. The van der Waals surface area contributed by atoms with Gasteiger partial charge in [0.15, 0.2) is 0 Å². The lowest BCUT2D eigenvalue weighted by atomic mass is 10.1. The Bertz CT molecular complexity index is 856. The Hall–Kier alpha value is -2.14. The summed E-state index contributed by atoms with van der Waals surface area (Å²) < 4.78 is 14.5. The van der Waals surface area contributed by atoms with Crippen LogP contribution in [0.4, 0.5) is 4.39 Å². The van der Waals surface area contributed by atoms with Gasteiger partial charge in [-0.05, 0) is 46.3 Å². The first-order valence-electron chi connectivity index (χ1n) is 5.88. The van der Waals surface area contributed by atoms with Crippen LogP contribution in [0, 0.1) is 5.82 Å². The molecule has 2 aromatic carbocycles. The fraction of sp³-hybridized carbons (Fsp3) is 0. The fourth-order valence-electron chi connectivity index (χ4n) is 2.13. The molecule has 0 saturated heterocycles. The fourth-order valence-corrected chi connectivity index (χ4v) is 2.65. The molecule has 0 amide bonds. The summed E-state index contributed by atoms with van der Waals surface area (Å²) in [5.41, 5.74) is 0.0493. The number of hydrogen-bond acceptors (Lipinski definition) is 2. The number of benzene rings is 2. The lowest BCUT2D eigenvalue weighted by Gasteiger charge is -2.12. The largest absolute Gasteiger partial charge is 0.493 e. The van der Waals surface area contributed by atoms with Gasteiger partial charge in [-0.1, -0.05) is 18.2 Å². The summed E-state index contributed by atoms with van der Waals surface area (Å²) in [7, 11) is 0. The Morgan fingerprint density at radius 1 is 1.00 bits per heavy atom. The van der Waals surface area contributed by atoms with Crippen LogP contribution in [-0.2, 0) is 0 Å². The molecule has 1 N–H and O–H groups in total. The molecule has 20 heavy (non-hydrogen) atoms. The highest BCUT2D eigenvalue weighted by Gasteiger charge is 2.15. The number of hydrogen-bond donors (Lipinski definition) is 1. The molecule has 0 unspecified atom stereocenters. The van der Waals surface area contributed by atoms with Gasteiger partial charge in [-0.2, -0.15) is 0 Å². The molecule has 0 aliphatic carbocycles. The molecule has 0 aliphatic heterocycles. The van der Waals surface area contributed by atoms with Gasteiger partial charge in [0.2, 0.25) is 5.88 Å². The standard InChI is InChI=1S/C15H9BrFNO2/c16-13-11-3-1-2-4-12(11)14(19)18(15(13)20)10-7-5-9(17)6-8-10/h1-8,20H. The highest BCUT2D eigenvalue weighted by molar-refractivity contribution is 9.10. The number of fused-ring (bicyclic) bond motifs is 1. The molecule has 0 atom stereocenters. The van der Waals surface area contributed by atoms with E-state index < -0.39 is 5.82 Å². The number of nitrogens with zero attached hydrogens (tertiary/aromatic N) is 1. The molecule has 0 radical (unpaired) electrons. The third kappa shape index (κ3) is 1.91. The number of pyridine rings is 1. The van der Waals surface area contributed by atoms with Gasteiger partial charge in [0, 0.05) is 10.8 Å². The van der Waals surface area contributed by atoms with Crippen LogP contribution in [0.2, 0.25) is 0 Å². The molecule has 0 bridgehead atoms. The zero-order valence-electron chi connectivity index (χ0n) is 10.2. The Balaban J connectivity index is 2.42. The van der Waals surface area contributed by atoms with E-state index in [1.54, 1.807) is 24.3 Å².